The van der Waals surface area contributed by atoms with Gasteiger partial charge in [-0.3, -0.25) is 9.69 Å². The average molecular weight is 449 g/mol. The Morgan fingerprint density at radius 2 is 1.66 bits per heavy atom. The van der Waals surface area contributed by atoms with Crippen LogP contribution in [0.2, 0.25) is 0 Å². The lowest BCUT2D eigenvalue weighted by molar-refractivity contribution is 0.102. The second-order valence-electron chi connectivity index (χ2n) is 8.47. The normalized spacial score (nSPS) is 14.5. The van der Waals surface area contributed by atoms with Gasteiger partial charge in [-0.25, -0.2) is 0 Å². The molecule has 1 fully saturated rings. The third kappa shape index (κ3) is 6.08. The number of ketones is 1. The van der Waals surface area contributed by atoms with Crippen LogP contribution in [0.3, 0.4) is 0 Å². The molecule has 0 unspecified atom stereocenters. The molecule has 6 heteroatoms. The minimum atomic E-state index is 0.130. The first-order valence-corrected chi connectivity index (χ1v) is 12.6. The van der Waals surface area contributed by atoms with E-state index in [1.807, 2.05) is 18.2 Å². The van der Waals surface area contributed by atoms with Crippen molar-refractivity contribution in [3.8, 4) is 0 Å². The van der Waals surface area contributed by atoms with Gasteiger partial charge < -0.3 is 4.57 Å². The summed E-state index contributed by atoms with van der Waals surface area (Å²) in [6, 6.07) is 18.4. The van der Waals surface area contributed by atoms with Gasteiger partial charge in [-0.1, -0.05) is 86.1 Å². The maximum absolute atomic E-state index is 12.8. The highest BCUT2D eigenvalue weighted by Crippen LogP contribution is 2.22. The van der Waals surface area contributed by atoms with Gasteiger partial charge in [-0.15, -0.1) is 10.2 Å². The number of aryl methyl sites for hydroxylation is 1. The van der Waals surface area contributed by atoms with Gasteiger partial charge in [0.05, 0.1) is 18.8 Å². The maximum atomic E-state index is 12.8. The van der Waals surface area contributed by atoms with E-state index in [1.54, 1.807) is 0 Å². The molecular formula is C26H32N4OS. The molecule has 0 atom stereocenters. The fraction of sp³-hybridized carbons (Fsp3) is 0.423. The second kappa shape index (κ2) is 11.4. The van der Waals surface area contributed by atoms with Crippen LogP contribution < -0.4 is 0 Å². The molecule has 5 nitrogen and oxygen atoms in total. The van der Waals surface area contributed by atoms with Crippen molar-refractivity contribution in [2.24, 2.45) is 0 Å². The van der Waals surface area contributed by atoms with E-state index in [9.17, 15) is 4.79 Å². The summed E-state index contributed by atoms with van der Waals surface area (Å²) in [5, 5.41) is 9.82. The van der Waals surface area contributed by atoms with E-state index in [0.717, 1.165) is 55.6 Å². The molecule has 168 valence electrons. The molecule has 2 heterocycles. The van der Waals surface area contributed by atoms with Gasteiger partial charge >= 0.3 is 0 Å². The zero-order valence-electron chi connectivity index (χ0n) is 18.9. The van der Waals surface area contributed by atoms with Gasteiger partial charge in [0, 0.05) is 5.56 Å². The Morgan fingerprint density at radius 1 is 0.906 bits per heavy atom. The van der Waals surface area contributed by atoms with E-state index in [4.69, 9.17) is 0 Å². The van der Waals surface area contributed by atoms with Gasteiger partial charge in [-0.05, 0) is 43.5 Å². The predicted octanol–water partition coefficient (Wildman–Crippen LogP) is 5.24. The number of aromatic nitrogens is 3. The summed E-state index contributed by atoms with van der Waals surface area (Å²) in [6.07, 6.45) is 5.97. The molecular weight excluding hydrogens is 416 g/mol. The largest absolute Gasteiger partial charge is 0.300 e. The lowest BCUT2D eigenvalue weighted by Crippen LogP contribution is -2.30. The number of piperidine rings is 1. The second-order valence-corrected chi connectivity index (χ2v) is 9.41. The number of hydrogen-bond donors (Lipinski definition) is 0. The van der Waals surface area contributed by atoms with Crippen LogP contribution in [0.15, 0.2) is 59.8 Å². The number of thioether (sulfide) groups is 1. The molecule has 0 amide bonds. The van der Waals surface area contributed by atoms with Crippen molar-refractivity contribution in [2.75, 3.05) is 18.8 Å². The number of carbonyl (C=O) groups excluding carboxylic acids is 1. The van der Waals surface area contributed by atoms with Crippen LogP contribution >= 0.6 is 11.8 Å². The number of Topliss-reactive ketones (excluding diaryl/α,β-unsaturated/α-hetero) is 1. The van der Waals surface area contributed by atoms with Crippen LogP contribution in [-0.2, 0) is 19.5 Å². The highest BCUT2D eigenvalue weighted by atomic mass is 32.2. The van der Waals surface area contributed by atoms with Crippen molar-refractivity contribution in [3.63, 3.8) is 0 Å². The molecule has 0 aliphatic carbocycles. The lowest BCUT2D eigenvalue weighted by atomic mass is 10.1. The van der Waals surface area contributed by atoms with Crippen molar-refractivity contribution in [2.45, 2.75) is 57.3 Å². The molecule has 1 aromatic heterocycles. The zero-order chi connectivity index (χ0) is 22.2. The van der Waals surface area contributed by atoms with Crippen LogP contribution in [0.5, 0.6) is 0 Å². The van der Waals surface area contributed by atoms with Gasteiger partial charge in [0.15, 0.2) is 10.9 Å². The Balaban J connectivity index is 1.47. The quantitative estimate of drug-likeness (QED) is 0.314. The fourth-order valence-corrected chi connectivity index (χ4v) is 5.00. The number of nitrogens with zero attached hydrogens (tertiary/aromatic N) is 4. The number of carbonyl (C=O) groups is 1. The Kier molecular flexibility index (Phi) is 8.13. The van der Waals surface area contributed by atoms with Crippen molar-refractivity contribution < 1.29 is 4.79 Å². The molecule has 0 radical (unpaired) electrons. The van der Waals surface area contributed by atoms with Crippen molar-refractivity contribution in [3.05, 3.63) is 77.1 Å². The monoisotopic (exact) mass is 448 g/mol. The Hall–Kier alpha value is -2.44. The summed E-state index contributed by atoms with van der Waals surface area (Å²) in [5.41, 5.74) is 3.26. The summed E-state index contributed by atoms with van der Waals surface area (Å²) in [7, 11) is 0. The van der Waals surface area contributed by atoms with E-state index in [2.05, 4.69) is 63.0 Å². The van der Waals surface area contributed by atoms with E-state index in [1.165, 1.54) is 42.2 Å². The van der Waals surface area contributed by atoms with E-state index in [0.29, 0.717) is 5.75 Å². The zero-order valence-corrected chi connectivity index (χ0v) is 19.7. The molecule has 1 aliphatic rings. The maximum Gasteiger partial charge on any atom is 0.192 e. The molecule has 0 N–H and O–H groups in total. The molecule has 4 rings (SSSR count). The number of rotatable bonds is 10. The van der Waals surface area contributed by atoms with Crippen LogP contribution in [0.4, 0.5) is 0 Å². The molecule has 1 saturated heterocycles. The molecule has 1 aliphatic heterocycles. The highest BCUT2D eigenvalue weighted by Gasteiger charge is 2.19. The summed E-state index contributed by atoms with van der Waals surface area (Å²) in [4.78, 5) is 15.3. The van der Waals surface area contributed by atoms with Crippen LogP contribution in [0, 0.1) is 0 Å². The van der Waals surface area contributed by atoms with Crippen molar-refractivity contribution >= 4 is 17.5 Å². The molecule has 3 aromatic rings. The average Bonchev–Trinajstić information content (AvgIpc) is 3.20. The first kappa shape index (κ1) is 22.7. The van der Waals surface area contributed by atoms with Gasteiger partial charge in [-0.2, -0.15) is 0 Å². The molecule has 0 spiro atoms. The molecule has 2 aromatic carbocycles. The lowest BCUT2D eigenvalue weighted by Gasteiger charge is -2.26. The standard InChI is InChI=1S/C26H32N4OS/c1-2-9-21-12-14-23(15-13-21)24(31)20-32-26-28-27-25(19-29-16-7-4-8-17-29)30(26)18-22-10-5-3-6-11-22/h3,5-6,10-15H,2,4,7-9,16-20H2,1H3. The highest BCUT2D eigenvalue weighted by molar-refractivity contribution is 7.99. The first-order chi connectivity index (χ1) is 15.7. The summed E-state index contributed by atoms with van der Waals surface area (Å²) >= 11 is 1.49. The van der Waals surface area contributed by atoms with E-state index in [-0.39, 0.29) is 5.78 Å². The van der Waals surface area contributed by atoms with Gasteiger partial charge in [0.2, 0.25) is 0 Å². The summed E-state index contributed by atoms with van der Waals surface area (Å²) in [5.74, 6) is 1.48. The first-order valence-electron chi connectivity index (χ1n) is 11.7. The fourth-order valence-electron chi connectivity index (χ4n) is 4.14. The van der Waals surface area contributed by atoms with Crippen molar-refractivity contribution in [1.82, 2.24) is 19.7 Å². The number of likely N-dealkylation sites (tertiary alicyclic amines) is 1. The third-order valence-corrected chi connectivity index (χ3v) is 6.90. The van der Waals surface area contributed by atoms with Crippen molar-refractivity contribution in [1.29, 1.82) is 0 Å². The van der Waals surface area contributed by atoms with Crippen LogP contribution in [0.25, 0.3) is 0 Å². The minimum Gasteiger partial charge on any atom is -0.300 e. The van der Waals surface area contributed by atoms with Crippen LogP contribution in [-0.4, -0.2) is 44.3 Å². The molecule has 0 bridgehead atoms. The van der Waals surface area contributed by atoms with E-state index < -0.39 is 0 Å². The molecule has 0 saturated carbocycles. The number of hydrogen-bond acceptors (Lipinski definition) is 5. The Morgan fingerprint density at radius 3 is 2.38 bits per heavy atom. The van der Waals surface area contributed by atoms with Crippen LogP contribution in [0.1, 0.15) is 59.9 Å². The van der Waals surface area contributed by atoms with E-state index >= 15 is 0 Å². The smallest absolute Gasteiger partial charge is 0.192 e. The third-order valence-electron chi connectivity index (χ3n) is 5.94. The number of benzene rings is 2. The van der Waals surface area contributed by atoms with Gasteiger partial charge in [0.1, 0.15) is 5.82 Å². The summed E-state index contributed by atoms with van der Waals surface area (Å²) in [6.45, 7) is 5.94. The predicted molar refractivity (Wildman–Crippen MR) is 130 cm³/mol. The molecule has 32 heavy (non-hydrogen) atoms. The summed E-state index contributed by atoms with van der Waals surface area (Å²) < 4.78 is 2.19. The topological polar surface area (TPSA) is 51.0 Å². The SMILES string of the molecule is CCCc1ccc(C(=O)CSc2nnc(CN3CCCCC3)n2Cc2ccccc2)cc1. The Bertz CT molecular complexity index is 994. The minimum absolute atomic E-state index is 0.130. The van der Waals surface area contributed by atoms with Gasteiger partial charge in [0.25, 0.3) is 0 Å². The Labute approximate surface area is 195 Å².